The van der Waals surface area contributed by atoms with Gasteiger partial charge in [-0.05, 0) is 37.0 Å². The zero-order valence-electron chi connectivity index (χ0n) is 9.88. The van der Waals surface area contributed by atoms with Crippen LogP contribution in [0.15, 0.2) is 24.5 Å². The minimum atomic E-state index is 0.0416. The van der Waals surface area contributed by atoms with Gasteiger partial charge in [0.15, 0.2) is 0 Å². The summed E-state index contributed by atoms with van der Waals surface area (Å²) in [5.74, 6) is 0.151. The first-order valence-corrected chi connectivity index (χ1v) is 6.10. The molecule has 1 aliphatic rings. The van der Waals surface area contributed by atoms with Gasteiger partial charge in [-0.25, -0.2) is 0 Å². The Kier molecular flexibility index (Phi) is 4.09. The number of rotatable bonds is 4. The molecule has 4 heteroatoms. The third kappa shape index (κ3) is 3.03. The monoisotopic (exact) mass is 234 g/mol. The molecule has 1 aromatic rings. The molecule has 1 aromatic heterocycles. The van der Waals surface area contributed by atoms with E-state index in [9.17, 15) is 4.79 Å². The SMILES string of the molecule is O=C(CCc1ccncc1)N1CCCC1CO. The van der Waals surface area contributed by atoms with Gasteiger partial charge in [-0.2, -0.15) is 0 Å². The number of aliphatic hydroxyl groups excluding tert-OH is 1. The summed E-state index contributed by atoms with van der Waals surface area (Å²) >= 11 is 0. The van der Waals surface area contributed by atoms with Gasteiger partial charge < -0.3 is 10.0 Å². The average molecular weight is 234 g/mol. The predicted molar refractivity (Wildman–Crippen MR) is 64.4 cm³/mol. The first-order chi connectivity index (χ1) is 8.31. The van der Waals surface area contributed by atoms with E-state index in [-0.39, 0.29) is 18.6 Å². The van der Waals surface area contributed by atoms with E-state index in [1.54, 1.807) is 12.4 Å². The van der Waals surface area contributed by atoms with Crippen LogP contribution in [-0.2, 0) is 11.2 Å². The maximum atomic E-state index is 12.0. The fourth-order valence-corrected chi connectivity index (χ4v) is 2.30. The molecule has 0 aliphatic carbocycles. The minimum absolute atomic E-state index is 0.0416. The molecule has 0 saturated carbocycles. The lowest BCUT2D eigenvalue weighted by Crippen LogP contribution is -2.37. The third-order valence-corrected chi connectivity index (χ3v) is 3.29. The van der Waals surface area contributed by atoms with Crippen LogP contribution in [0.3, 0.4) is 0 Å². The Bertz CT molecular complexity index is 367. The van der Waals surface area contributed by atoms with Crippen LogP contribution in [0.5, 0.6) is 0 Å². The second-order valence-electron chi connectivity index (χ2n) is 4.42. The number of carbonyl (C=O) groups is 1. The van der Waals surface area contributed by atoms with Crippen molar-refractivity contribution in [3.8, 4) is 0 Å². The molecule has 0 bridgehead atoms. The number of likely N-dealkylation sites (tertiary alicyclic amines) is 1. The Morgan fingerprint density at radius 3 is 2.94 bits per heavy atom. The van der Waals surface area contributed by atoms with Crippen molar-refractivity contribution in [3.63, 3.8) is 0 Å². The van der Waals surface area contributed by atoms with E-state index < -0.39 is 0 Å². The van der Waals surface area contributed by atoms with Gasteiger partial charge in [-0.1, -0.05) is 0 Å². The molecule has 92 valence electrons. The van der Waals surface area contributed by atoms with Crippen LogP contribution in [0.1, 0.15) is 24.8 Å². The molecular formula is C13H18N2O2. The normalized spacial score (nSPS) is 19.6. The summed E-state index contributed by atoms with van der Waals surface area (Å²) in [6.07, 6.45) is 6.68. The number of aliphatic hydroxyl groups is 1. The van der Waals surface area contributed by atoms with Gasteiger partial charge in [0.25, 0.3) is 0 Å². The topological polar surface area (TPSA) is 53.4 Å². The highest BCUT2D eigenvalue weighted by atomic mass is 16.3. The number of pyridine rings is 1. The molecule has 0 spiro atoms. The molecule has 2 rings (SSSR count). The molecule has 0 radical (unpaired) electrons. The van der Waals surface area contributed by atoms with E-state index in [0.29, 0.717) is 6.42 Å². The lowest BCUT2D eigenvalue weighted by molar-refractivity contribution is -0.132. The highest BCUT2D eigenvalue weighted by Gasteiger charge is 2.27. The number of nitrogens with zero attached hydrogens (tertiary/aromatic N) is 2. The molecule has 1 N–H and O–H groups in total. The van der Waals surface area contributed by atoms with Gasteiger partial charge in [-0.15, -0.1) is 0 Å². The van der Waals surface area contributed by atoms with E-state index in [0.717, 1.165) is 31.4 Å². The van der Waals surface area contributed by atoms with E-state index >= 15 is 0 Å². The van der Waals surface area contributed by atoms with E-state index in [1.165, 1.54) is 0 Å². The van der Waals surface area contributed by atoms with Crippen molar-refractivity contribution in [2.45, 2.75) is 31.7 Å². The average Bonchev–Trinajstić information content (AvgIpc) is 2.85. The summed E-state index contributed by atoms with van der Waals surface area (Å²) < 4.78 is 0. The molecule has 0 aromatic carbocycles. The third-order valence-electron chi connectivity index (χ3n) is 3.29. The number of carbonyl (C=O) groups excluding carboxylic acids is 1. The van der Waals surface area contributed by atoms with E-state index in [4.69, 9.17) is 5.11 Å². The zero-order valence-corrected chi connectivity index (χ0v) is 9.88. The van der Waals surface area contributed by atoms with Crippen LogP contribution < -0.4 is 0 Å². The maximum absolute atomic E-state index is 12.0. The molecule has 17 heavy (non-hydrogen) atoms. The summed E-state index contributed by atoms with van der Waals surface area (Å²) in [6, 6.07) is 3.90. The van der Waals surface area contributed by atoms with Crippen LogP contribution in [0.4, 0.5) is 0 Å². The second kappa shape index (κ2) is 5.77. The molecule has 1 saturated heterocycles. The highest BCUT2D eigenvalue weighted by Crippen LogP contribution is 2.18. The van der Waals surface area contributed by atoms with Crippen LogP contribution in [0.2, 0.25) is 0 Å². The standard InChI is InChI=1S/C13H18N2O2/c16-10-12-2-1-9-15(12)13(17)4-3-11-5-7-14-8-6-11/h5-8,12,16H,1-4,9-10H2. The molecule has 1 atom stereocenters. The first-order valence-electron chi connectivity index (χ1n) is 6.10. The number of aryl methyl sites for hydroxylation is 1. The number of amides is 1. The quantitative estimate of drug-likeness (QED) is 0.845. The van der Waals surface area contributed by atoms with Crippen molar-refractivity contribution in [1.29, 1.82) is 0 Å². The van der Waals surface area contributed by atoms with Crippen LogP contribution in [0.25, 0.3) is 0 Å². The Morgan fingerprint density at radius 1 is 1.47 bits per heavy atom. The summed E-state index contributed by atoms with van der Waals surface area (Å²) in [4.78, 5) is 17.8. The Balaban J connectivity index is 1.85. The van der Waals surface area contributed by atoms with Crippen molar-refractivity contribution in [2.24, 2.45) is 0 Å². The molecule has 1 amide bonds. The van der Waals surface area contributed by atoms with Gasteiger partial charge >= 0.3 is 0 Å². The smallest absolute Gasteiger partial charge is 0.223 e. The van der Waals surface area contributed by atoms with Crippen LogP contribution in [-0.4, -0.2) is 40.1 Å². The summed E-state index contributed by atoms with van der Waals surface area (Å²) in [7, 11) is 0. The van der Waals surface area contributed by atoms with Crippen molar-refractivity contribution in [3.05, 3.63) is 30.1 Å². The first kappa shape index (κ1) is 12.0. The molecule has 1 fully saturated rings. The molecular weight excluding hydrogens is 216 g/mol. The lowest BCUT2D eigenvalue weighted by Gasteiger charge is -2.22. The lowest BCUT2D eigenvalue weighted by atomic mass is 10.1. The number of hydrogen-bond acceptors (Lipinski definition) is 3. The Hall–Kier alpha value is -1.42. The van der Waals surface area contributed by atoms with Gasteiger partial charge in [0, 0.05) is 25.4 Å². The van der Waals surface area contributed by atoms with Gasteiger partial charge in [0.05, 0.1) is 12.6 Å². The van der Waals surface area contributed by atoms with Crippen molar-refractivity contribution in [1.82, 2.24) is 9.88 Å². The zero-order chi connectivity index (χ0) is 12.1. The largest absolute Gasteiger partial charge is 0.394 e. The van der Waals surface area contributed by atoms with Crippen molar-refractivity contribution in [2.75, 3.05) is 13.2 Å². The molecule has 1 unspecified atom stereocenters. The number of hydrogen-bond donors (Lipinski definition) is 1. The number of aromatic nitrogens is 1. The van der Waals surface area contributed by atoms with Gasteiger partial charge in [0.2, 0.25) is 5.91 Å². The van der Waals surface area contributed by atoms with Gasteiger partial charge in [0.1, 0.15) is 0 Å². The second-order valence-corrected chi connectivity index (χ2v) is 4.42. The fraction of sp³-hybridized carbons (Fsp3) is 0.538. The van der Waals surface area contributed by atoms with Crippen LogP contribution in [0, 0.1) is 0 Å². The summed E-state index contributed by atoms with van der Waals surface area (Å²) in [5, 5.41) is 9.17. The van der Waals surface area contributed by atoms with Crippen molar-refractivity contribution < 1.29 is 9.90 Å². The van der Waals surface area contributed by atoms with E-state index in [2.05, 4.69) is 4.98 Å². The molecule has 1 aliphatic heterocycles. The van der Waals surface area contributed by atoms with Gasteiger partial charge in [-0.3, -0.25) is 9.78 Å². The Morgan fingerprint density at radius 2 is 2.24 bits per heavy atom. The molecule has 4 nitrogen and oxygen atoms in total. The summed E-state index contributed by atoms with van der Waals surface area (Å²) in [5.41, 5.74) is 1.13. The highest BCUT2D eigenvalue weighted by molar-refractivity contribution is 5.77. The van der Waals surface area contributed by atoms with Crippen molar-refractivity contribution >= 4 is 5.91 Å². The van der Waals surface area contributed by atoms with E-state index in [1.807, 2.05) is 17.0 Å². The maximum Gasteiger partial charge on any atom is 0.223 e. The summed E-state index contributed by atoms with van der Waals surface area (Å²) in [6.45, 7) is 0.876. The van der Waals surface area contributed by atoms with Crippen LogP contribution >= 0.6 is 0 Å². The molecule has 2 heterocycles. The fourth-order valence-electron chi connectivity index (χ4n) is 2.30. The predicted octanol–water partition coefficient (Wildman–Crippen LogP) is 0.998. The minimum Gasteiger partial charge on any atom is -0.394 e. The Labute approximate surface area is 101 Å².